The molecule has 0 radical (unpaired) electrons. The molecule has 0 saturated heterocycles. The third-order valence-corrected chi connectivity index (χ3v) is 6.52. The van der Waals surface area contributed by atoms with Crippen molar-refractivity contribution in [2.45, 2.75) is 13.0 Å². The molecule has 4 aromatic rings. The number of hydrogen-bond acceptors (Lipinski definition) is 9. The van der Waals surface area contributed by atoms with Gasteiger partial charge in [0.2, 0.25) is 0 Å². The highest BCUT2D eigenvalue weighted by Gasteiger charge is 2.11. The summed E-state index contributed by atoms with van der Waals surface area (Å²) in [5.74, 6) is 1.96. The quantitative estimate of drug-likeness (QED) is 0.320. The van der Waals surface area contributed by atoms with Gasteiger partial charge in [-0.3, -0.25) is 4.79 Å². The molecule has 1 aromatic carbocycles. The largest absolute Gasteiger partial charge is 0.490 e. The van der Waals surface area contributed by atoms with Crippen LogP contribution in [0.5, 0.6) is 5.75 Å². The highest BCUT2D eigenvalue weighted by Crippen LogP contribution is 2.19. The third-order valence-electron chi connectivity index (χ3n) is 5.71. The lowest BCUT2D eigenvalue weighted by atomic mass is 10.1. The summed E-state index contributed by atoms with van der Waals surface area (Å²) >= 11 is 1.48. The zero-order chi connectivity index (χ0) is 24.9. The van der Waals surface area contributed by atoms with Gasteiger partial charge >= 0.3 is 0 Å². The standard InChI is InChI=1S/C26H27N7O2S/c1-31(2)10-4-12-35-22-15-27-26(28-16-22)20-6-3-5-19(13-20)17-33-25(34)8-7-24(30-33)32-11-9-23-21(18-32)14-29-36-23/h3,5-9,13-16,18H,4,10-12,17H2,1-2H3. The van der Waals surface area contributed by atoms with E-state index in [1.54, 1.807) is 24.5 Å². The fourth-order valence-corrected chi connectivity index (χ4v) is 4.51. The maximum Gasteiger partial charge on any atom is 0.267 e. The van der Waals surface area contributed by atoms with Gasteiger partial charge in [-0.25, -0.2) is 14.6 Å². The summed E-state index contributed by atoms with van der Waals surface area (Å²) in [6.45, 7) is 2.61. The van der Waals surface area contributed by atoms with E-state index in [-0.39, 0.29) is 5.56 Å². The van der Waals surface area contributed by atoms with Gasteiger partial charge in [-0.15, -0.1) is 0 Å². The Labute approximate surface area is 212 Å². The minimum Gasteiger partial charge on any atom is -0.490 e. The van der Waals surface area contributed by atoms with Gasteiger partial charge in [-0.2, -0.15) is 9.47 Å². The van der Waals surface area contributed by atoms with E-state index in [0.717, 1.165) is 33.8 Å². The highest BCUT2D eigenvalue weighted by atomic mass is 32.1. The normalized spacial score (nSPS) is 12.7. The molecule has 184 valence electrons. The summed E-state index contributed by atoms with van der Waals surface area (Å²) in [4.78, 5) is 25.6. The van der Waals surface area contributed by atoms with Gasteiger partial charge in [-0.1, -0.05) is 18.2 Å². The van der Waals surface area contributed by atoms with Crippen LogP contribution in [0.25, 0.3) is 23.7 Å². The van der Waals surface area contributed by atoms with Crippen molar-refractivity contribution >= 4 is 29.6 Å². The van der Waals surface area contributed by atoms with Gasteiger partial charge in [0.05, 0.1) is 30.1 Å². The lowest BCUT2D eigenvalue weighted by Crippen LogP contribution is -2.34. The molecule has 0 amide bonds. The van der Waals surface area contributed by atoms with E-state index in [1.807, 2.05) is 55.7 Å². The van der Waals surface area contributed by atoms with E-state index in [1.165, 1.54) is 16.2 Å². The Morgan fingerprint density at radius 2 is 1.97 bits per heavy atom. The minimum atomic E-state index is -0.157. The maximum absolute atomic E-state index is 12.6. The minimum absolute atomic E-state index is 0.157. The lowest BCUT2D eigenvalue weighted by Gasteiger charge is -2.19. The van der Waals surface area contributed by atoms with Crippen LogP contribution in [0.2, 0.25) is 0 Å². The molecule has 0 fully saturated rings. The van der Waals surface area contributed by atoms with Crippen molar-refractivity contribution in [2.24, 2.45) is 0 Å². The zero-order valence-corrected chi connectivity index (χ0v) is 21.1. The molecule has 4 heterocycles. The van der Waals surface area contributed by atoms with Gasteiger partial charge in [-0.05, 0) is 55.8 Å². The average Bonchev–Trinajstić information content (AvgIpc) is 3.36. The van der Waals surface area contributed by atoms with E-state index < -0.39 is 0 Å². The number of nitrogens with zero attached hydrogens (tertiary/aromatic N) is 7. The van der Waals surface area contributed by atoms with E-state index in [9.17, 15) is 4.79 Å². The topological polar surface area (TPSA) is 89.3 Å². The van der Waals surface area contributed by atoms with Crippen LogP contribution in [-0.4, -0.2) is 62.8 Å². The third kappa shape index (κ3) is 5.67. The summed E-state index contributed by atoms with van der Waals surface area (Å²) in [6.07, 6.45) is 10.3. The number of benzene rings is 1. The molecule has 1 aliphatic heterocycles. The fourth-order valence-electron chi connectivity index (χ4n) is 3.87. The van der Waals surface area contributed by atoms with Gasteiger partial charge in [0, 0.05) is 42.3 Å². The fraction of sp³-hybridized carbons (Fsp3) is 0.269. The molecule has 0 spiro atoms. The number of aromatic nitrogens is 5. The van der Waals surface area contributed by atoms with Crippen LogP contribution in [0.3, 0.4) is 0 Å². The molecule has 0 atom stereocenters. The number of fused-ring (bicyclic) bond motifs is 1. The number of anilines is 1. The smallest absolute Gasteiger partial charge is 0.267 e. The summed E-state index contributed by atoms with van der Waals surface area (Å²) in [7, 11) is 4.08. The molecular formula is C26H27N7O2S. The highest BCUT2D eigenvalue weighted by molar-refractivity contribution is 7.03. The first kappa shape index (κ1) is 23.8. The van der Waals surface area contributed by atoms with Gasteiger partial charge < -0.3 is 14.5 Å². The molecule has 0 bridgehead atoms. The van der Waals surface area contributed by atoms with Crippen LogP contribution in [0.1, 0.15) is 12.0 Å². The van der Waals surface area contributed by atoms with Crippen molar-refractivity contribution < 1.29 is 4.74 Å². The van der Waals surface area contributed by atoms with Crippen molar-refractivity contribution in [1.82, 2.24) is 29.0 Å². The second kappa shape index (κ2) is 10.8. The molecule has 9 nitrogen and oxygen atoms in total. The lowest BCUT2D eigenvalue weighted by molar-refractivity contribution is 0.280. The van der Waals surface area contributed by atoms with Gasteiger partial charge in [0.15, 0.2) is 17.4 Å². The van der Waals surface area contributed by atoms with Crippen LogP contribution >= 0.6 is 11.5 Å². The predicted molar refractivity (Wildman–Crippen MR) is 141 cm³/mol. The molecule has 36 heavy (non-hydrogen) atoms. The molecule has 10 heteroatoms. The summed E-state index contributed by atoms with van der Waals surface area (Å²) < 4.78 is 12.6. The summed E-state index contributed by atoms with van der Waals surface area (Å²) in [5.41, 5.74) is 1.65. The van der Waals surface area contributed by atoms with Crippen LogP contribution in [0.15, 0.2) is 59.8 Å². The van der Waals surface area contributed by atoms with Crippen LogP contribution in [-0.2, 0) is 6.54 Å². The predicted octanol–water partition coefficient (Wildman–Crippen LogP) is 1.57. The Bertz CT molecular complexity index is 1510. The van der Waals surface area contributed by atoms with E-state index in [2.05, 4.69) is 30.4 Å². The second-order valence-electron chi connectivity index (χ2n) is 8.77. The maximum atomic E-state index is 12.6. The molecular weight excluding hydrogens is 474 g/mol. The van der Waals surface area contributed by atoms with Crippen molar-refractivity contribution in [2.75, 3.05) is 38.7 Å². The van der Waals surface area contributed by atoms with Crippen molar-refractivity contribution in [3.63, 3.8) is 0 Å². The molecule has 0 saturated carbocycles. The Hall–Kier alpha value is -3.89. The molecule has 3 aromatic heterocycles. The molecule has 1 aliphatic rings. The zero-order valence-electron chi connectivity index (χ0n) is 20.2. The van der Waals surface area contributed by atoms with Crippen molar-refractivity contribution in [3.05, 3.63) is 80.7 Å². The molecule has 5 rings (SSSR count). The summed E-state index contributed by atoms with van der Waals surface area (Å²) in [5, 5.41) is 5.68. The summed E-state index contributed by atoms with van der Waals surface area (Å²) in [6, 6.07) is 11.2. The van der Waals surface area contributed by atoms with Gasteiger partial charge in [0.1, 0.15) is 0 Å². The van der Waals surface area contributed by atoms with Crippen LogP contribution in [0.4, 0.5) is 5.82 Å². The first-order chi connectivity index (χ1) is 17.5. The average molecular weight is 502 g/mol. The van der Waals surface area contributed by atoms with E-state index in [4.69, 9.17) is 4.74 Å². The van der Waals surface area contributed by atoms with Crippen molar-refractivity contribution in [3.8, 4) is 17.1 Å². The first-order valence-electron chi connectivity index (χ1n) is 11.7. The van der Waals surface area contributed by atoms with Crippen LogP contribution in [0, 0.1) is 0 Å². The Morgan fingerprint density at radius 3 is 2.81 bits per heavy atom. The Balaban J connectivity index is 1.29. The van der Waals surface area contributed by atoms with E-state index >= 15 is 0 Å². The van der Waals surface area contributed by atoms with Gasteiger partial charge in [0.25, 0.3) is 5.56 Å². The van der Waals surface area contributed by atoms with E-state index in [0.29, 0.717) is 37.1 Å². The van der Waals surface area contributed by atoms with Crippen molar-refractivity contribution in [1.29, 1.82) is 0 Å². The Morgan fingerprint density at radius 1 is 1.11 bits per heavy atom. The number of hydrogen-bond donors (Lipinski definition) is 0. The monoisotopic (exact) mass is 501 g/mol. The Kier molecular flexibility index (Phi) is 7.15. The SMILES string of the molecule is CN(C)CCCOc1cnc(-c2cccc(Cn3nc(N4C=c5cnsc5=CC4)ccc3=O)c2)nc1. The molecule has 0 N–H and O–H groups in total. The first-order valence-corrected chi connectivity index (χ1v) is 12.5. The molecule has 0 aliphatic carbocycles. The molecule has 0 unspecified atom stereocenters. The van der Waals surface area contributed by atoms with Crippen LogP contribution < -0.4 is 24.9 Å². The number of rotatable bonds is 9. The second-order valence-corrected chi connectivity index (χ2v) is 9.60. The number of ether oxygens (including phenoxy) is 1.